The lowest BCUT2D eigenvalue weighted by Gasteiger charge is -2.35. The SMILES string of the molecule is CCCn1cc(S(=O)(=O)N2C3CCC2CC(Cl)C3)nc1C. The molecule has 0 spiro atoms. The van der Waals surface area contributed by atoms with E-state index in [4.69, 9.17) is 11.6 Å². The van der Waals surface area contributed by atoms with E-state index in [1.165, 1.54) is 0 Å². The van der Waals surface area contributed by atoms with Crippen LogP contribution in [0.25, 0.3) is 0 Å². The molecule has 118 valence electrons. The van der Waals surface area contributed by atoms with E-state index in [0.717, 1.165) is 44.5 Å². The van der Waals surface area contributed by atoms with Crippen molar-refractivity contribution < 1.29 is 8.42 Å². The Morgan fingerprint density at radius 3 is 2.52 bits per heavy atom. The second-order valence-electron chi connectivity index (χ2n) is 6.11. The third-order valence-corrected chi connectivity index (χ3v) is 6.80. The predicted octanol–water partition coefficient (Wildman–Crippen LogP) is 2.52. The van der Waals surface area contributed by atoms with Crippen molar-refractivity contribution >= 4 is 21.6 Å². The molecule has 3 rings (SSSR count). The number of aryl methyl sites for hydroxylation is 2. The maximum atomic E-state index is 12.9. The van der Waals surface area contributed by atoms with E-state index in [0.29, 0.717) is 0 Å². The van der Waals surface area contributed by atoms with Crippen molar-refractivity contribution in [1.82, 2.24) is 13.9 Å². The first kappa shape index (κ1) is 15.3. The van der Waals surface area contributed by atoms with Gasteiger partial charge in [-0.05, 0) is 39.0 Å². The molecule has 2 fully saturated rings. The summed E-state index contributed by atoms with van der Waals surface area (Å²) in [6.45, 7) is 4.72. The van der Waals surface area contributed by atoms with Crippen LogP contribution in [0.4, 0.5) is 0 Å². The number of alkyl halides is 1. The normalized spacial score (nSPS) is 30.0. The van der Waals surface area contributed by atoms with Crippen LogP contribution in [0, 0.1) is 6.92 Å². The molecule has 2 unspecified atom stereocenters. The van der Waals surface area contributed by atoms with E-state index < -0.39 is 10.0 Å². The van der Waals surface area contributed by atoms with E-state index in [1.54, 1.807) is 10.5 Å². The molecule has 1 aromatic heterocycles. The van der Waals surface area contributed by atoms with Crippen molar-refractivity contribution in [3.63, 3.8) is 0 Å². The Hall–Kier alpha value is -0.590. The number of aromatic nitrogens is 2. The van der Waals surface area contributed by atoms with E-state index in [1.807, 2.05) is 11.5 Å². The molecule has 3 heterocycles. The summed E-state index contributed by atoms with van der Waals surface area (Å²) in [6, 6.07) is 0.0979. The Labute approximate surface area is 131 Å². The molecule has 2 bridgehead atoms. The molecule has 7 heteroatoms. The summed E-state index contributed by atoms with van der Waals surface area (Å²) in [7, 11) is -3.50. The quantitative estimate of drug-likeness (QED) is 0.797. The fraction of sp³-hybridized carbons (Fsp3) is 0.786. The van der Waals surface area contributed by atoms with Gasteiger partial charge in [0, 0.05) is 30.2 Å². The van der Waals surface area contributed by atoms with Gasteiger partial charge in [0.15, 0.2) is 5.03 Å². The van der Waals surface area contributed by atoms with Gasteiger partial charge in [0.25, 0.3) is 10.0 Å². The molecule has 0 amide bonds. The molecular formula is C14H22ClN3O2S. The molecule has 0 aliphatic carbocycles. The van der Waals surface area contributed by atoms with Crippen LogP contribution < -0.4 is 0 Å². The number of rotatable bonds is 4. The molecule has 0 saturated carbocycles. The molecule has 0 N–H and O–H groups in total. The van der Waals surface area contributed by atoms with Gasteiger partial charge in [-0.1, -0.05) is 6.92 Å². The highest BCUT2D eigenvalue weighted by Gasteiger charge is 2.47. The minimum Gasteiger partial charge on any atom is -0.334 e. The molecule has 1 aromatic rings. The Kier molecular flexibility index (Phi) is 4.05. The average Bonchev–Trinajstić information content (AvgIpc) is 2.91. The lowest BCUT2D eigenvalue weighted by molar-refractivity contribution is 0.250. The van der Waals surface area contributed by atoms with E-state index >= 15 is 0 Å². The van der Waals surface area contributed by atoms with Gasteiger partial charge in [-0.15, -0.1) is 11.6 Å². The minimum atomic E-state index is -3.50. The standard InChI is InChI=1S/C14H22ClN3O2S/c1-3-6-17-9-14(16-10(17)2)21(19,20)18-12-4-5-13(18)8-11(15)7-12/h9,11-13H,3-8H2,1-2H3. The van der Waals surface area contributed by atoms with Crippen LogP contribution in [-0.4, -0.2) is 39.7 Å². The molecule has 0 aromatic carbocycles. The van der Waals surface area contributed by atoms with Gasteiger partial charge in [-0.2, -0.15) is 4.31 Å². The highest BCUT2D eigenvalue weighted by molar-refractivity contribution is 7.89. The highest BCUT2D eigenvalue weighted by Crippen LogP contribution is 2.41. The molecule has 21 heavy (non-hydrogen) atoms. The molecule has 2 aliphatic rings. The van der Waals surface area contributed by atoms with Crippen molar-refractivity contribution in [1.29, 1.82) is 0 Å². The summed E-state index contributed by atoms with van der Waals surface area (Å²) in [5, 5.41) is 0.298. The largest absolute Gasteiger partial charge is 0.334 e. The van der Waals surface area contributed by atoms with E-state index in [9.17, 15) is 8.42 Å². The third-order valence-electron chi connectivity index (χ3n) is 4.57. The Morgan fingerprint density at radius 1 is 1.33 bits per heavy atom. The van der Waals surface area contributed by atoms with Gasteiger partial charge in [0.1, 0.15) is 5.82 Å². The first-order chi connectivity index (χ1) is 9.93. The fourth-order valence-electron chi connectivity index (χ4n) is 3.64. The predicted molar refractivity (Wildman–Crippen MR) is 82.0 cm³/mol. The molecular weight excluding hydrogens is 310 g/mol. The van der Waals surface area contributed by atoms with Gasteiger partial charge in [-0.3, -0.25) is 0 Å². The number of sulfonamides is 1. The molecule has 2 saturated heterocycles. The average molecular weight is 332 g/mol. The zero-order chi connectivity index (χ0) is 15.2. The Balaban J connectivity index is 1.92. The summed E-state index contributed by atoms with van der Waals surface area (Å²) in [5.74, 6) is 0.759. The second kappa shape index (κ2) is 5.56. The van der Waals surface area contributed by atoms with E-state index in [2.05, 4.69) is 11.9 Å². The van der Waals surface area contributed by atoms with E-state index in [-0.39, 0.29) is 22.5 Å². The number of halogens is 1. The number of piperidine rings is 1. The Bertz CT molecular complexity index is 614. The van der Waals surface area contributed by atoms with Crippen LogP contribution in [-0.2, 0) is 16.6 Å². The van der Waals surface area contributed by atoms with Crippen LogP contribution in [0.15, 0.2) is 11.2 Å². The van der Waals surface area contributed by atoms with Crippen LogP contribution in [0.5, 0.6) is 0 Å². The van der Waals surface area contributed by atoms with Gasteiger partial charge >= 0.3 is 0 Å². The zero-order valence-electron chi connectivity index (χ0n) is 12.5. The van der Waals surface area contributed by atoms with Crippen molar-refractivity contribution in [3.05, 3.63) is 12.0 Å². The second-order valence-corrected chi connectivity index (χ2v) is 8.52. The summed E-state index contributed by atoms with van der Waals surface area (Å²) in [6.07, 6.45) is 5.99. The summed E-state index contributed by atoms with van der Waals surface area (Å²) in [5.41, 5.74) is 0. The van der Waals surface area contributed by atoms with Crippen LogP contribution in [0.3, 0.4) is 0 Å². The number of hydrogen-bond acceptors (Lipinski definition) is 3. The maximum Gasteiger partial charge on any atom is 0.262 e. The highest BCUT2D eigenvalue weighted by atomic mass is 35.5. The molecule has 5 nitrogen and oxygen atoms in total. The number of fused-ring (bicyclic) bond motifs is 2. The lowest BCUT2D eigenvalue weighted by Crippen LogP contribution is -2.46. The smallest absolute Gasteiger partial charge is 0.262 e. The molecule has 0 radical (unpaired) electrons. The molecule has 2 atom stereocenters. The van der Waals surface area contributed by atoms with Crippen LogP contribution in [0.1, 0.15) is 44.9 Å². The van der Waals surface area contributed by atoms with Gasteiger partial charge < -0.3 is 4.57 Å². The van der Waals surface area contributed by atoms with Crippen LogP contribution >= 0.6 is 11.6 Å². The van der Waals surface area contributed by atoms with Crippen molar-refractivity contribution in [2.75, 3.05) is 0 Å². The fourth-order valence-corrected chi connectivity index (χ4v) is 5.94. The lowest BCUT2D eigenvalue weighted by atomic mass is 10.1. The Morgan fingerprint density at radius 2 is 1.95 bits per heavy atom. The number of imidazole rings is 1. The number of nitrogens with zero attached hydrogens (tertiary/aromatic N) is 3. The molecule has 2 aliphatic heterocycles. The van der Waals surface area contributed by atoms with Gasteiger partial charge in [0.2, 0.25) is 0 Å². The topological polar surface area (TPSA) is 55.2 Å². The van der Waals surface area contributed by atoms with Gasteiger partial charge in [0.05, 0.1) is 0 Å². The zero-order valence-corrected chi connectivity index (χ0v) is 14.1. The summed E-state index contributed by atoms with van der Waals surface area (Å²) < 4.78 is 29.5. The summed E-state index contributed by atoms with van der Waals surface area (Å²) in [4.78, 5) is 4.29. The van der Waals surface area contributed by atoms with Gasteiger partial charge in [-0.25, -0.2) is 13.4 Å². The minimum absolute atomic E-state index is 0.0490. The number of hydrogen-bond donors (Lipinski definition) is 0. The summed E-state index contributed by atoms with van der Waals surface area (Å²) >= 11 is 6.24. The van der Waals surface area contributed by atoms with Crippen molar-refractivity contribution in [2.24, 2.45) is 0 Å². The first-order valence-electron chi connectivity index (χ1n) is 7.65. The third kappa shape index (κ3) is 2.62. The van der Waals surface area contributed by atoms with Crippen molar-refractivity contribution in [2.45, 2.75) is 75.0 Å². The van der Waals surface area contributed by atoms with Crippen molar-refractivity contribution in [3.8, 4) is 0 Å². The maximum absolute atomic E-state index is 12.9. The monoisotopic (exact) mass is 331 g/mol. The van der Waals surface area contributed by atoms with Crippen LogP contribution in [0.2, 0.25) is 0 Å². The first-order valence-corrected chi connectivity index (χ1v) is 9.52.